The average Bonchev–Trinajstić information content (AvgIpc) is 2.96. The minimum Gasteiger partial charge on any atom is -0.401 e. The number of rotatable bonds is 4. The Kier molecular flexibility index (Phi) is 7.48. The summed E-state index contributed by atoms with van der Waals surface area (Å²) in [5, 5.41) is 5.66. The summed E-state index contributed by atoms with van der Waals surface area (Å²) in [5.74, 6) is 0.354. The predicted molar refractivity (Wildman–Crippen MR) is 144 cm³/mol. The van der Waals surface area contributed by atoms with Crippen LogP contribution in [0, 0.1) is 12.3 Å². The van der Waals surface area contributed by atoms with Crippen LogP contribution in [0.25, 0.3) is 0 Å². The van der Waals surface area contributed by atoms with Gasteiger partial charge in [-0.15, -0.1) is 0 Å². The number of anilines is 1. The van der Waals surface area contributed by atoms with Gasteiger partial charge in [0.25, 0.3) is 0 Å². The van der Waals surface area contributed by atoms with Crippen molar-refractivity contribution in [2.45, 2.75) is 66.6 Å². The van der Waals surface area contributed by atoms with Gasteiger partial charge >= 0.3 is 13.1 Å². The number of urea groups is 1. The topological polar surface area (TPSA) is 98.0 Å². The number of aliphatic imine (C=N–C) groups is 1. The lowest BCUT2D eigenvalue weighted by Gasteiger charge is -2.32. The second kappa shape index (κ2) is 9.87. The third-order valence-corrected chi connectivity index (χ3v) is 6.38. The number of benzene rings is 2. The van der Waals surface area contributed by atoms with E-state index in [2.05, 4.69) is 15.6 Å². The summed E-state index contributed by atoms with van der Waals surface area (Å²) in [6.45, 7) is 16.1. The number of amidine groups is 1. The summed E-state index contributed by atoms with van der Waals surface area (Å²) in [6.07, 6.45) is 1.70. The average molecular weight is 476 g/mol. The summed E-state index contributed by atoms with van der Waals surface area (Å²) >= 11 is 0. The van der Waals surface area contributed by atoms with E-state index >= 15 is 0 Å². The van der Waals surface area contributed by atoms with E-state index in [1.807, 2.05) is 104 Å². The number of nitrogens with zero attached hydrogens (tertiary/aromatic N) is 1. The Morgan fingerprint density at radius 1 is 0.971 bits per heavy atom. The Bertz CT molecular complexity index is 1100. The van der Waals surface area contributed by atoms with Crippen LogP contribution >= 0.6 is 0 Å². The molecule has 2 aromatic rings. The van der Waals surface area contributed by atoms with Gasteiger partial charge in [-0.2, -0.15) is 0 Å². The molecule has 2 amide bonds. The zero-order chi connectivity index (χ0) is 26.0. The molecular weight excluding hydrogens is 439 g/mol. The van der Waals surface area contributed by atoms with Gasteiger partial charge in [0.05, 0.1) is 16.9 Å². The molecule has 1 saturated heterocycles. The lowest BCUT2D eigenvalue weighted by molar-refractivity contribution is 0.00578. The van der Waals surface area contributed by atoms with Crippen molar-refractivity contribution in [1.29, 1.82) is 0 Å². The molecule has 1 fully saturated rings. The molecule has 1 aliphatic heterocycles. The van der Waals surface area contributed by atoms with Crippen LogP contribution in [0.5, 0.6) is 0 Å². The first kappa shape index (κ1) is 26.5. The molecule has 0 aliphatic carbocycles. The maximum absolute atomic E-state index is 12.8. The van der Waals surface area contributed by atoms with Crippen molar-refractivity contribution in [2.24, 2.45) is 16.1 Å². The van der Waals surface area contributed by atoms with Gasteiger partial charge in [0, 0.05) is 22.9 Å². The number of allylic oxidation sites excluding steroid dienone is 1. The predicted octanol–water partition coefficient (Wildman–Crippen LogP) is 5.03. The maximum atomic E-state index is 12.8. The van der Waals surface area contributed by atoms with Gasteiger partial charge in [0.2, 0.25) is 0 Å². The fourth-order valence-electron chi connectivity index (χ4n) is 3.20. The Hall–Kier alpha value is -3.10. The largest absolute Gasteiger partial charge is 0.494 e. The summed E-state index contributed by atoms with van der Waals surface area (Å²) in [6, 6.07) is 14.7. The molecule has 4 N–H and O–H groups in total. The fraction of sp³-hybridized carbons (Fsp3) is 0.407. The van der Waals surface area contributed by atoms with Crippen LogP contribution in [0.15, 0.2) is 65.3 Å². The zero-order valence-electron chi connectivity index (χ0n) is 22.0. The molecular formula is C27H37BN4O3. The molecule has 0 unspecified atom stereocenters. The lowest BCUT2D eigenvalue weighted by Crippen LogP contribution is -2.41. The highest BCUT2D eigenvalue weighted by Crippen LogP contribution is 2.36. The van der Waals surface area contributed by atoms with Crippen molar-refractivity contribution < 1.29 is 14.1 Å². The quantitative estimate of drug-likeness (QED) is 0.327. The molecule has 8 heteroatoms. The summed E-state index contributed by atoms with van der Waals surface area (Å²) in [7, 11) is -0.457. The van der Waals surface area contributed by atoms with Gasteiger partial charge in [-0.25, -0.2) is 9.79 Å². The van der Waals surface area contributed by atoms with Crippen molar-refractivity contribution in [3.05, 3.63) is 65.9 Å². The first-order chi connectivity index (χ1) is 16.2. The number of carbonyl (C=O) groups excluding carboxylic acids is 1. The number of nitrogens with one attached hydrogen (secondary N) is 2. The van der Waals surface area contributed by atoms with Gasteiger partial charge in [0.15, 0.2) is 0 Å². The summed E-state index contributed by atoms with van der Waals surface area (Å²) in [4.78, 5) is 17.4. The standard InChI is InChI=1S/C27H37BN4O3/c1-18-9-13-20(14-10-18)30-23(17-22(29)25(2,3)4)32-24(33)31-21-15-11-19(12-16-21)28-34-26(5,6)27(7,8)35-28/h9-17H,29H2,1-8H3,(H2,30,31,32,33). The normalized spacial score (nSPS) is 17.9. The lowest BCUT2D eigenvalue weighted by atomic mass is 9.79. The van der Waals surface area contributed by atoms with E-state index < -0.39 is 24.4 Å². The van der Waals surface area contributed by atoms with E-state index in [0.717, 1.165) is 16.7 Å². The Labute approximate surface area is 209 Å². The molecule has 0 atom stereocenters. The van der Waals surface area contributed by atoms with Crippen LogP contribution in [0.3, 0.4) is 0 Å². The number of hydrogen-bond donors (Lipinski definition) is 3. The second-order valence-electron chi connectivity index (χ2n) is 11.0. The van der Waals surface area contributed by atoms with Crippen LogP contribution in [-0.2, 0) is 9.31 Å². The van der Waals surface area contributed by atoms with Gasteiger partial charge in [-0.05, 0) is 64.3 Å². The molecule has 7 nitrogen and oxygen atoms in total. The highest BCUT2D eigenvalue weighted by molar-refractivity contribution is 6.62. The van der Waals surface area contributed by atoms with E-state index in [-0.39, 0.29) is 5.41 Å². The number of hydrogen-bond acceptors (Lipinski definition) is 5. The van der Waals surface area contributed by atoms with Gasteiger partial charge in [0.1, 0.15) is 5.84 Å². The molecule has 1 aliphatic rings. The van der Waals surface area contributed by atoms with Crippen molar-refractivity contribution in [3.63, 3.8) is 0 Å². The van der Waals surface area contributed by atoms with E-state index in [9.17, 15) is 4.79 Å². The number of nitrogens with two attached hydrogens (primary N) is 1. The van der Waals surface area contributed by atoms with Crippen LogP contribution in [-0.4, -0.2) is 30.2 Å². The van der Waals surface area contributed by atoms with Crippen LogP contribution in [0.2, 0.25) is 0 Å². The number of aryl methyl sites for hydroxylation is 1. The molecule has 35 heavy (non-hydrogen) atoms. The van der Waals surface area contributed by atoms with E-state index in [0.29, 0.717) is 17.2 Å². The highest BCUT2D eigenvalue weighted by atomic mass is 16.7. The fourth-order valence-corrected chi connectivity index (χ4v) is 3.20. The minimum absolute atomic E-state index is 0.268. The molecule has 2 aromatic carbocycles. The highest BCUT2D eigenvalue weighted by Gasteiger charge is 2.51. The monoisotopic (exact) mass is 476 g/mol. The number of amides is 2. The van der Waals surface area contributed by atoms with Crippen molar-refractivity contribution in [1.82, 2.24) is 5.32 Å². The summed E-state index contributed by atoms with van der Waals surface area (Å²) < 4.78 is 12.2. The minimum atomic E-state index is -0.457. The van der Waals surface area contributed by atoms with E-state index in [1.165, 1.54) is 0 Å². The SMILES string of the molecule is Cc1ccc(N=C(C=C(N)C(C)(C)C)NC(=O)Nc2ccc(B3OC(C)(C)C(C)(C)O3)cc2)cc1. The Morgan fingerprint density at radius 3 is 2.03 bits per heavy atom. The maximum Gasteiger partial charge on any atom is 0.494 e. The van der Waals surface area contributed by atoms with E-state index in [4.69, 9.17) is 15.0 Å². The molecule has 0 saturated carbocycles. The smallest absolute Gasteiger partial charge is 0.401 e. The van der Waals surface area contributed by atoms with Gasteiger partial charge in [-0.1, -0.05) is 50.6 Å². The molecule has 0 spiro atoms. The number of carbonyl (C=O) groups is 1. The first-order valence-electron chi connectivity index (χ1n) is 11.8. The Balaban J connectivity index is 1.73. The van der Waals surface area contributed by atoms with Crippen LogP contribution in [0.1, 0.15) is 54.0 Å². The Morgan fingerprint density at radius 2 is 1.51 bits per heavy atom. The first-order valence-corrected chi connectivity index (χ1v) is 11.8. The third kappa shape index (κ3) is 6.74. The van der Waals surface area contributed by atoms with Crippen molar-refractivity contribution >= 4 is 35.8 Å². The second-order valence-corrected chi connectivity index (χ2v) is 11.0. The van der Waals surface area contributed by atoms with Crippen LogP contribution < -0.4 is 21.8 Å². The zero-order valence-corrected chi connectivity index (χ0v) is 22.0. The third-order valence-electron chi connectivity index (χ3n) is 6.38. The van der Waals surface area contributed by atoms with Gasteiger partial charge < -0.3 is 20.4 Å². The molecule has 0 radical (unpaired) electrons. The molecule has 0 bridgehead atoms. The molecule has 3 rings (SSSR count). The van der Waals surface area contributed by atoms with E-state index in [1.54, 1.807) is 6.08 Å². The van der Waals surface area contributed by atoms with Crippen molar-refractivity contribution in [2.75, 3.05) is 5.32 Å². The molecule has 1 heterocycles. The van der Waals surface area contributed by atoms with Crippen LogP contribution in [0.4, 0.5) is 16.2 Å². The molecule has 0 aromatic heterocycles. The summed E-state index contributed by atoms with van der Waals surface area (Å²) in [5.41, 5.74) is 9.13. The van der Waals surface area contributed by atoms with Gasteiger partial charge in [-0.3, -0.25) is 5.32 Å². The molecule has 186 valence electrons. The van der Waals surface area contributed by atoms with Crippen molar-refractivity contribution in [3.8, 4) is 0 Å².